The summed E-state index contributed by atoms with van der Waals surface area (Å²) in [5.74, 6) is 0.643. The number of carbonyl (C=O) groups is 2. The van der Waals surface area contributed by atoms with Gasteiger partial charge in [-0.1, -0.05) is 0 Å². The van der Waals surface area contributed by atoms with Crippen LogP contribution in [0, 0.1) is 0 Å². The molecule has 1 saturated heterocycles. The Labute approximate surface area is 129 Å². The maximum absolute atomic E-state index is 11.9. The molecule has 1 aromatic carbocycles. The molecule has 6 nitrogen and oxygen atoms in total. The van der Waals surface area contributed by atoms with E-state index in [9.17, 15) is 9.59 Å². The molecule has 0 unspecified atom stereocenters. The standard InChI is InChI=1S/C16H21N3O3/c20-15(19-10-9-17-16(19)21)11-18-12-5-7-14(8-6-12)22-13-3-1-2-4-13/h5-8,13,18H,1-4,9-11H2,(H,17,21). The third-order valence-electron chi connectivity index (χ3n) is 4.06. The minimum Gasteiger partial charge on any atom is -0.490 e. The molecule has 1 aliphatic heterocycles. The van der Waals surface area contributed by atoms with Gasteiger partial charge in [0.05, 0.1) is 12.6 Å². The van der Waals surface area contributed by atoms with Crippen molar-refractivity contribution in [2.75, 3.05) is 25.0 Å². The van der Waals surface area contributed by atoms with Crippen LogP contribution in [0.2, 0.25) is 0 Å². The molecule has 2 aliphatic rings. The number of benzene rings is 1. The Morgan fingerprint density at radius 3 is 2.64 bits per heavy atom. The van der Waals surface area contributed by atoms with E-state index in [1.807, 2.05) is 24.3 Å². The molecule has 2 N–H and O–H groups in total. The largest absolute Gasteiger partial charge is 0.490 e. The molecule has 6 heteroatoms. The average molecular weight is 303 g/mol. The van der Waals surface area contributed by atoms with Crippen LogP contribution in [0.25, 0.3) is 0 Å². The molecule has 0 aromatic heterocycles. The predicted molar refractivity (Wildman–Crippen MR) is 82.9 cm³/mol. The molecular formula is C16H21N3O3. The van der Waals surface area contributed by atoms with Crippen LogP contribution in [0.4, 0.5) is 10.5 Å². The maximum atomic E-state index is 11.9. The number of anilines is 1. The zero-order valence-electron chi connectivity index (χ0n) is 12.5. The van der Waals surface area contributed by atoms with Gasteiger partial charge < -0.3 is 15.4 Å². The predicted octanol–water partition coefficient (Wildman–Crippen LogP) is 1.97. The Hall–Kier alpha value is -2.24. The second kappa shape index (κ2) is 6.68. The van der Waals surface area contributed by atoms with Gasteiger partial charge >= 0.3 is 6.03 Å². The number of amides is 3. The van der Waals surface area contributed by atoms with Crippen LogP contribution in [0.1, 0.15) is 25.7 Å². The zero-order chi connectivity index (χ0) is 15.4. The number of imide groups is 1. The highest BCUT2D eigenvalue weighted by molar-refractivity contribution is 5.97. The van der Waals surface area contributed by atoms with Gasteiger partial charge in [-0.3, -0.25) is 9.69 Å². The van der Waals surface area contributed by atoms with Crippen molar-refractivity contribution in [3.8, 4) is 5.75 Å². The SMILES string of the molecule is O=C(CNc1ccc(OC2CCCC2)cc1)N1CCNC1=O. The van der Waals surface area contributed by atoms with Gasteiger partial charge in [0.25, 0.3) is 0 Å². The van der Waals surface area contributed by atoms with Crippen LogP contribution in [0.3, 0.4) is 0 Å². The number of hydrogen-bond donors (Lipinski definition) is 2. The summed E-state index contributed by atoms with van der Waals surface area (Å²) in [7, 11) is 0. The maximum Gasteiger partial charge on any atom is 0.324 e. The first-order chi connectivity index (χ1) is 10.7. The third-order valence-corrected chi connectivity index (χ3v) is 4.06. The molecule has 1 saturated carbocycles. The highest BCUT2D eigenvalue weighted by Crippen LogP contribution is 2.24. The van der Waals surface area contributed by atoms with Crippen LogP contribution in [-0.2, 0) is 4.79 Å². The summed E-state index contributed by atoms with van der Waals surface area (Å²) < 4.78 is 5.90. The Balaban J connectivity index is 1.48. The summed E-state index contributed by atoms with van der Waals surface area (Å²) in [5, 5.41) is 5.65. The number of carbonyl (C=O) groups excluding carboxylic acids is 2. The summed E-state index contributed by atoms with van der Waals surface area (Å²) in [4.78, 5) is 24.5. The van der Waals surface area contributed by atoms with E-state index in [0.29, 0.717) is 19.2 Å². The minimum atomic E-state index is -0.313. The van der Waals surface area contributed by atoms with Crippen LogP contribution < -0.4 is 15.4 Å². The summed E-state index contributed by atoms with van der Waals surface area (Å²) in [5.41, 5.74) is 0.840. The molecule has 2 fully saturated rings. The van der Waals surface area contributed by atoms with Gasteiger partial charge in [0.1, 0.15) is 5.75 Å². The molecule has 0 radical (unpaired) electrons. The number of rotatable bonds is 5. The monoisotopic (exact) mass is 303 g/mol. The van der Waals surface area contributed by atoms with Gasteiger partial charge in [-0.05, 0) is 49.9 Å². The third kappa shape index (κ3) is 3.50. The quantitative estimate of drug-likeness (QED) is 0.872. The number of nitrogens with zero attached hydrogens (tertiary/aromatic N) is 1. The summed E-state index contributed by atoms with van der Waals surface area (Å²) in [6.07, 6.45) is 5.10. The second-order valence-electron chi connectivity index (χ2n) is 5.68. The molecule has 1 aromatic rings. The van der Waals surface area contributed by atoms with E-state index in [0.717, 1.165) is 24.3 Å². The van der Waals surface area contributed by atoms with Crippen molar-refractivity contribution in [2.24, 2.45) is 0 Å². The first-order valence-electron chi connectivity index (χ1n) is 7.81. The molecule has 22 heavy (non-hydrogen) atoms. The summed E-state index contributed by atoms with van der Waals surface area (Å²) in [6.45, 7) is 1.07. The van der Waals surface area contributed by atoms with Crippen molar-refractivity contribution in [3.63, 3.8) is 0 Å². The van der Waals surface area contributed by atoms with Crippen molar-refractivity contribution in [1.82, 2.24) is 10.2 Å². The van der Waals surface area contributed by atoms with Crippen molar-refractivity contribution in [1.29, 1.82) is 0 Å². The van der Waals surface area contributed by atoms with Gasteiger partial charge in [-0.2, -0.15) is 0 Å². The Morgan fingerprint density at radius 2 is 2.00 bits per heavy atom. The fraction of sp³-hybridized carbons (Fsp3) is 0.500. The number of hydrogen-bond acceptors (Lipinski definition) is 4. The smallest absolute Gasteiger partial charge is 0.324 e. The summed E-state index contributed by atoms with van der Waals surface area (Å²) >= 11 is 0. The molecule has 1 heterocycles. The van der Waals surface area contributed by atoms with Gasteiger partial charge in [-0.25, -0.2) is 4.79 Å². The van der Waals surface area contributed by atoms with Crippen LogP contribution in [0.5, 0.6) is 5.75 Å². The van der Waals surface area contributed by atoms with Gasteiger partial charge in [0, 0.05) is 18.8 Å². The van der Waals surface area contributed by atoms with Crippen LogP contribution in [0.15, 0.2) is 24.3 Å². The van der Waals surface area contributed by atoms with Crippen LogP contribution in [-0.4, -0.2) is 42.6 Å². The highest BCUT2D eigenvalue weighted by atomic mass is 16.5. The Morgan fingerprint density at radius 1 is 1.27 bits per heavy atom. The van der Waals surface area contributed by atoms with E-state index >= 15 is 0 Å². The molecule has 0 spiro atoms. The lowest BCUT2D eigenvalue weighted by Gasteiger charge is -2.15. The van der Waals surface area contributed by atoms with Gasteiger partial charge in [0.15, 0.2) is 0 Å². The van der Waals surface area contributed by atoms with E-state index in [1.54, 1.807) is 0 Å². The lowest BCUT2D eigenvalue weighted by Crippen LogP contribution is -2.37. The highest BCUT2D eigenvalue weighted by Gasteiger charge is 2.25. The Kier molecular flexibility index (Phi) is 4.46. The molecule has 3 rings (SSSR count). The number of nitrogens with one attached hydrogen (secondary N) is 2. The molecule has 1 aliphatic carbocycles. The number of urea groups is 1. The lowest BCUT2D eigenvalue weighted by atomic mass is 10.2. The van der Waals surface area contributed by atoms with Gasteiger partial charge in [0.2, 0.25) is 5.91 Å². The zero-order valence-corrected chi connectivity index (χ0v) is 12.5. The van der Waals surface area contributed by atoms with Crippen LogP contribution >= 0.6 is 0 Å². The van der Waals surface area contributed by atoms with E-state index in [-0.39, 0.29) is 18.5 Å². The summed E-state index contributed by atoms with van der Waals surface area (Å²) in [6, 6.07) is 7.29. The van der Waals surface area contributed by atoms with E-state index in [1.165, 1.54) is 17.7 Å². The average Bonchev–Trinajstić information content (AvgIpc) is 3.18. The Bertz CT molecular complexity index is 538. The first kappa shape index (κ1) is 14.7. The topological polar surface area (TPSA) is 70.7 Å². The molecule has 118 valence electrons. The second-order valence-corrected chi connectivity index (χ2v) is 5.68. The fourth-order valence-electron chi connectivity index (χ4n) is 2.83. The van der Waals surface area contributed by atoms with Crippen molar-refractivity contribution in [2.45, 2.75) is 31.8 Å². The van der Waals surface area contributed by atoms with E-state index in [4.69, 9.17) is 4.74 Å². The van der Waals surface area contributed by atoms with Crippen molar-refractivity contribution < 1.29 is 14.3 Å². The fourth-order valence-corrected chi connectivity index (χ4v) is 2.83. The molecule has 0 atom stereocenters. The molecule has 3 amide bonds. The normalized spacial score (nSPS) is 18.4. The van der Waals surface area contributed by atoms with Gasteiger partial charge in [-0.15, -0.1) is 0 Å². The molecule has 0 bridgehead atoms. The molecular weight excluding hydrogens is 282 g/mol. The van der Waals surface area contributed by atoms with Crippen molar-refractivity contribution in [3.05, 3.63) is 24.3 Å². The minimum absolute atomic E-state index is 0.107. The first-order valence-corrected chi connectivity index (χ1v) is 7.81. The van der Waals surface area contributed by atoms with E-state index < -0.39 is 0 Å². The lowest BCUT2D eigenvalue weighted by molar-refractivity contribution is -0.125. The van der Waals surface area contributed by atoms with E-state index in [2.05, 4.69) is 10.6 Å². The van der Waals surface area contributed by atoms with Crippen molar-refractivity contribution >= 4 is 17.6 Å². The number of ether oxygens (including phenoxy) is 1.